The molecule has 176 valence electrons. The summed E-state index contributed by atoms with van der Waals surface area (Å²) in [4.78, 5) is 12.3. The topological polar surface area (TPSA) is 68.6 Å². The van der Waals surface area contributed by atoms with Crippen molar-refractivity contribution < 1.29 is 27.8 Å². The van der Waals surface area contributed by atoms with Gasteiger partial charge in [-0.2, -0.15) is 5.26 Å². The predicted octanol–water partition coefficient (Wildman–Crippen LogP) is 6.20. The van der Waals surface area contributed by atoms with E-state index in [1.165, 1.54) is 37.1 Å². The highest BCUT2D eigenvalue weighted by atomic mass is 19.1. The van der Waals surface area contributed by atoms with E-state index in [2.05, 4.69) is 6.92 Å². The zero-order valence-electron chi connectivity index (χ0n) is 18.8. The number of nitrogens with zero attached hydrogens (tertiary/aromatic N) is 1. The van der Waals surface area contributed by atoms with Crippen LogP contribution in [-0.4, -0.2) is 25.3 Å². The lowest BCUT2D eigenvalue weighted by atomic mass is 9.88. The van der Waals surface area contributed by atoms with Crippen LogP contribution in [0.3, 0.4) is 0 Å². The minimum absolute atomic E-state index is 0.110. The zero-order chi connectivity index (χ0) is 23.6. The van der Waals surface area contributed by atoms with Crippen molar-refractivity contribution in [2.24, 2.45) is 5.92 Å². The largest absolute Gasteiger partial charge is 0.493 e. The van der Waals surface area contributed by atoms with Crippen molar-refractivity contribution >= 4 is 5.97 Å². The van der Waals surface area contributed by atoms with Crippen LogP contribution in [0, 0.1) is 28.9 Å². The first-order valence-electron chi connectivity index (χ1n) is 11.5. The number of esters is 1. The highest BCUT2D eigenvalue weighted by molar-refractivity contribution is 5.91. The summed E-state index contributed by atoms with van der Waals surface area (Å²) in [6.45, 7) is 3.49. The molecule has 0 aromatic heterocycles. The van der Waals surface area contributed by atoms with E-state index in [0.717, 1.165) is 50.8 Å². The lowest BCUT2D eigenvalue weighted by Crippen LogP contribution is -2.25. The van der Waals surface area contributed by atoms with Gasteiger partial charge in [0.1, 0.15) is 29.2 Å². The maximum absolute atomic E-state index is 14.5. The van der Waals surface area contributed by atoms with Crippen LogP contribution in [0.2, 0.25) is 0 Å². The minimum Gasteiger partial charge on any atom is -0.493 e. The Bertz CT molecular complexity index is 981. The van der Waals surface area contributed by atoms with Crippen LogP contribution >= 0.6 is 0 Å². The molecule has 2 aromatic carbocycles. The van der Waals surface area contributed by atoms with Gasteiger partial charge in [0.25, 0.3) is 0 Å². The second-order valence-corrected chi connectivity index (χ2v) is 8.32. The molecule has 0 amide bonds. The SMILES string of the molecule is CCCCCOC1CCC(COc2ccc(C(=O)Oc3ccc(C#N)c(F)c3)c(F)c2)CC1. The Hall–Kier alpha value is -2.98. The fourth-order valence-corrected chi connectivity index (χ4v) is 3.84. The average molecular weight is 458 g/mol. The number of nitriles is 1. The highest BCUT2D eigenvalue weighted by Gasteiger charge is 2.22. The van der Waals surface area contributed by atoms with Gasteiger partial charge >= 0.3 is 5.97 Å². The van der Waals surface area contributed by atoms with E-state index in [4.69, 9.17) is 19.5 Å². The summed E-state index contributed by atoms with van der Waals surface area (Å²) in [5.41, 5.74) is -0.455. The third-order valence-electron chi connectivity index (χ3n) is 5.81. The number of unbranched alkanes of at least 4 members (excludes halogenated alkanes) is 2. The van der Waals surface area contributed by atoms with Crippen molar-refractivity contribution in [1.82, 2.24) is 0 Å². The van der Waals surface area contributed by atoms with E-state index < -0.39 is 17.6 Å². The molecule has 0 unspecified atom stereocenters. The number of halogens is 2. The van der Waals surface area contributed by atoms with Gasteiger partial charge in [0, 0.05) is 18.7 Å². The Morgan fingerprint density at radius 3 is 2.42 bits per heavy atom. The van der Waals surface area contributed by atoms with E-state index in [9.17, 15) is 13.6 Å². The molecule has 2 aromatic rings. The number of benzene rings is 2. The van der Waals surface area contributed by atoms with Crippen molar-refractivity contribution in [3.8, 4) is 17.6 Å². The molecule has 0 aliphatic heterocycles. The Morgan fingerprint density at radius 1 is 1.03 bits per heavy atom. The van der Waals surface area contributed by atoms with Gasteiger partial charge in [-0.25, -0.2) is 13.6 Å². The molecule has 0 bridgehead atoms. The number of hydrogen-bond donors (Lipinski definition) is 0. The fourth-order valence-electron chi connectivity index (χ4n) is 3.84. The Kier molecular flexibility index (Phi) is 9.20. The summed E-state index contributed by atoms with van der Waals surface area (Å²) in [5.74, 6) is -1.94. The number of carbonyl (C=O) groups is 1. The van der Waals surface area contributed by atoms with E-state index in [-0.39, 0.29) is 16.9 Å². The van der Waals surface area contributed by atoms with E-state index >= 15 is 0 Å². The minimum atomic E-state index is -0.958. The summed E-state index contributed by atoms with van der Waals surface area (Å²) in [6.07, 6.45) is 7.85. The lowest BCUT2D eigenvalue weighted by molar-refractivity contribution is 0.0112. The molecule has 1 aliphatic rings. The molecular formula is C26H29F2NO4. The molecule has 1 aliphatic carbocycles. The summed E-state index contributed by atoms with van der Waals surface area (Å²) in [5, 5.41) is 8.75. The van der Waals surface area contributed by atoms with Gasteiger partial charge in [0.15, 0.2) is 0 Å². The predicted molar refractivity (Wildman–Crippen MR) is 119 cm³/mol. The van der Waals surface area contributed by atoms with Crippen LogP contribution in [0.4, 0.5) is 8.78 Å². The first kappa shape index (κ1) is 24.7. The zero-order valence-corrected chi connectivity index (χ0v) is 18.8. The van der Waals surface area contributed by atoms with Crippen molar-refractivity contribution in [3.05, 3.63) is 59.2 Å². The van der Waals surface area contributed by atoms with Crippen LogP contribution in [0.1, 0.15) is 67.8 Å². The summed E-state index contributed by atoms with van der Waals surface area (Å²) < 4.78 is 44.9. The van der Waals surface area contributed by atoms with Gasteiger partial charge in [0.05, 0.1) is 23.8 Å². The van der Waals surface area contributed by atoms with Gasteiger partial charge < -0.3 is 14.2 Å². The Balaban J connectivity index is 1.46. The third kappa shape index (κ3) is 7.26. The molecule has 0 saturated heterocycles. The van der Waals surface area contributed by atoms with Crippen molar-refractivity contribution in [3.63, 3.8) is 0 Å². The first-order valence-corrected chi connectivity index (χ1v) is 11.5. The standard InChI is InChI=1S/C26H29F2NO4/c1-2-3-4-13-31-20-8-5-18(6-9-20)17-32-21-11-12-23(25(28)14-21)26(30)33-22-10-7-19(16-29)24(27)15-22/h7,10-12,14-15,18,20H,2-6,8-9,13,17H2,1H3. The van der Waals surface area contributed by atoms with Gasteiger partial charge in [-0.05, 0) is 62.3 Å². The molecule has 0 atom stereocenters. The average Bonchev–Trinajstić information content (AvgIpc) is 2.81. The molecule has 0 heterocycles. The number of ether oxygens (including phenoxy) is 3. The lowest BCUT2D eigenvalue weighted by Gasteiger charge is -2.28. The quantitative estimate of drug-likeness (QED) is 0.241. The normalized spacial score (nSPS) is 17.9. The highest BCUT2D eigenvalue weighted by Crippen LogP contribution is 2.28. The first-order chi connectivity index (χ1) is 16.0. The van der Waals surface area contributed by atoms with E-state index in [0.29, 0.717) is 24.4 Å². The number of rotatable bonds is 10. The second-order valence-electron chi connectivity index (χ2n) is 8.32. The maximum Gasteiger partial charge on any atom is 0.346 e. The second kappa shape index (κ2) is 12.3. The van der Waals surface area contributed by atoms with Crippen LogP contribution in [0.5, 0.6) is 11.5 Å². The van der Waals surface area contributed by atoms with E-state index in [1.807, 2.05) is 0 Å². The van der Waals surface area contributed by atoms with Gasteiger partial charge in [-0.15, -0.1) is 0 Å². The number of carbonyl (C=O) groups excluding carboxylic acids is 1. The summed E-state index contributed by atoms with van der Waals surface area (Å²) in [7, 11) is 0. The molecular weight excluding hydrogens is 428 g/mol. The monoisotopic (exact) mass is 457 g/mol. The molecule has 1 saturated carbocycles. The molecule has 33 heavy (non-hydrogen) atoms. The Morgan fingerprint density at radius 2 is 1.76 bits per heavy atom. The smallest absolute Gasteiger partial charge is 0.346 e. The van der Waals surface area contributed by atoms with E-state index in [1.54, 1.807) is 6.07 Å². The molecule has 1 fully saturated rings. The van der Waals surface area contributed by atoms with Crippen LogP contribution in [0.25, 0.3) is 0 Å². The van der Waals surface area contributed by atoms with Crippen molar-refractivity contribution in [1.29, 1.82) is 5.26 Å². The van der Waals surface area contributed by atoms with Gasteiger partial charge in [-0.3, -0.25) is 0 Å². The van der Waals surface area contributed by atoms with Crippen LogP contribution in [0.15, 0.2) is 36.4 Å². The molecule has 7 heteroatoms. The maximum atomic E-state index is 14.5. The van der Waals surface area contributed by atoms with Crippen LogP contribution in [-0.2, 0) is 4.74 Å². The molecule has 5 nitrogen and oxygen atoms in total. The summed E-state index contributed by atoms with van der Waals surface area (Å²) >= 11 is 0. The molecule has 0 N–H and O–H groups in total. The molecule has 0 radical (unpaired) electrons. The van der Waals surface area contributed by atoms with Gasteiger partial charge in [0.2, 0.25) is 0 Å². The van der Waals surface area contributed by atoms with Crippen molar-refractivity contribution in [2.75, 3.05) is 13.2 Å². The van der Waals surface area contributed by atoms with Crippen molar-refractivity contribution in [2.45, 2.75) is 58.0 Å². The Labute approximate surface area is 193 Å². The van der Waals surface area contributed by atoms with Gasteiger partial charge in [-0.1, -0.05) is 19.8 Å². The summed E-state index contributed by atoms with van der Waals surface area (Å²) in [6, 6.07) is 9.01. The van der Waals surface area contributed by atoms with Crippen LogP contribution < -0.4 is 9.47 Å². The number of hydrogen-bond acceptors (Lipinski definition) is 5. The molecule has 3 rings (SSSR count). The third-order valence-corrected chi connectivity index (χ3v) is 5.81. The molecule has 0 spiro atoms. The fraction of sp³-hybridized carbons (Fsp3) is 0.462.